The largest absolute Gasteiger partial charge is 0.341 e. The molecule has 1 amide bonds. The number of rotatable bonds is 2. The molecule has 3 rings (SSSR count). The van der Waals surface area contributed by atoms with Crippen LogP contribution >= 0.6 is 0 Å². The van der Waals surface area contributed by atoms with Gasteiger partial charge in [-0.3, -0.25) is 9.59 Å². The lowest BCUT2D eigenvalue weighted by Gasteiger charge is -2.37. The number of piperidine rings is 1. The van der Waals surface area contributed by atoms with Crippen molar-refractivity contribution in [1.82, 2.24) is 4.90 Å². The van der Waals surface area contributed by atoms with Gasteiger partial charge >= 0.3 is 0 Å². The number of nitrogens with zero attached hydrogens (tertiary/aromatic N) is 1. The molecule has 0 saturated carbocycles. The van der Waals surface area contributed by atoms with Gasteiger partial charge in [0.1, 0.15) is 5.78 Å². The van der Waals surface area contributed by atoms with Gasteiger partial charge in [0.05, 0.1) is 5.92 Å². The van der Waals surface area contributed by atoms with Crippen molar-refractivity contribution < 1.29 is 9.59 Å². The Morgan fingerprint density at radius 1 is 1.37 bits per heavy atom. The molecule has 19 heavy (non-hydrogen) atoms. The van der Waals surface area contributed by atoms with Crippen molar-refractivity contribution in [2.75, 3.05) is 13.1 Å². The summed E-state index contributed by atoms with van der Waals surface area (Å²) in [5.41, 5.74) is 2.47. The zero-order valence-electron chi connectivity index (χ0n) is 11.3. The van der Waals surface area contributed by atoms with Crippen LogP contribution in [-0.2, 0) is 16.0 Å². The van der Waals surface area contributed by atoms with Crippen molar-refractivity contribution in [3.05, 3.63) is 35.4 Å². The molecule has 100 valence electrons. The van der Waals surface area contributed by atoms with Gasteiger partial charge in [0.2, 0.25) is 5.91 Å². The average Bonchev–Trinajstić information content (AvgIpc) is 2.40. The Balaban J connectivity index is 1.71. The summed E-state index contributed by atoms with van der Waals surface area (Å²) in [7, 11) is 0. The van der Waals surface area contributed by atoms with Crippen molar-refractivity contribution in [2.45, 2.75) is 32.1 Å². The molecule has 0 spiro atoms. The number of likely N-dealkylation sites (tertiary alicyclic amines) is 1. The molecule has 1 fully saturated rings. The van der Waals surface area contributed by atoms with Crippen LogP contribution in [0.4, 0.5) is 0 Å². The lowest BCUT2D eigenvalue weighted by atomic mass is 9.76. The Kier molecular flexibility index (Phi) is 3.13. The molecular weight excluding hydrogens is 238 g/mol. The summed E-state index contributed by atoms with van der Waals surface area (Å²) in [5.74, 6) is 0.611. The molecule has 3 heteroatoms. The summed E-state index contributed by atoms with van der Waals surface area (Å²) in [6, 6.07) is 8.15. The Bertz CT molecular complexity index is 523. The minimum absolute atomic E-state index is 0.0295. The van der Waals surface area contributed by atoms with Crippen LogP contribution in [0.2, 0.25) is 0 Å². The third kappa shape index (κ3) is 2.07. The minimum Gasteiger partial charge on any atom is -0.341 e. The zero-order chi connectivity index (χ0) is 13.4. The number of amides is 1. The summed E-state index contributed by atoms with van der Waals surface area (Å²) in [6.45, 7) is 3.24. The van der Waals surface area contributed by atoms with E-state index in [1.807, 2.05) is 30.0 Å². The molecule has 1 aliphatic carbocycles. The number of Topliss-reactive ketones (excluding diaryl/α,β-unsaturated/α-hetero) is 1. The molecule has 3 nitrogen and oxygen atoms in total. The Hall–Kier alpha value is -1.64. The standard InChI is InChI=1S/C16H19NO2/c1-2-11-10-17(8-7-15(11)18)16(19)14-9-12-5-3-4-6-13(12)14/h3-6,11,14H,2,7-10H2,1H3. The molecule has 0 N–H and O–H groups in total. The Morgan fingerprint density at radius 2 is 2.16 bits per heavy atom. The fourth-order valence-electron chi connectivity index (χ4n) is 3.16. The lowest BCUT2D eigenvalue weighted by Crippen LogP contribution is -2.47. The van der Waals surface area contributed by atoms with E-state index in [1.54, 1.807) is 0 Å². The fraction of sp³-hybridized carbons (Fsp3) is 0.500. The highest BCUT2D eigenvalue weighted by Crippen LogP contribution is 2.36. The maximum absolute atomic E-state index is 12.5. The molecule has 0 radical (unpaired) electrons. The minimum atomic E-state index is 0.0295. The van der Waals surface area contributed by atoms with E-state index >= 15 is 0 Å². The molecule has 1 aliphatic heterocycles. The molecule has 0 aromatic heterocycles. The lowest BCUT2D eigenvalue weighted by molar-refractivity contribution is -0.139. The molecule has 1 aromatic carbocycles. The number of benzene rings is 1. The van der Waals surface area contributed by atoms with Gasteiger partial charge in [-0.25, -0.2) is 0 Å². The predicted octanol–water partition coefficient (Wildman–Crippen LogP) is 2.15. The number of hydrogen-bond acceptors (Lipinski definition) is 2. The first-order valence-electron chi connectivity index (χ1n) is 7.10. The molecule has 0 bridgehead atoms. The highest BCUT2D eigenvalue weighted by Gasteiger charge is 2.37. The van der Waals surface area contributed by atoms with Crippen LogP contribution in [0.5, 0.6) is 0 Å². The van der Waals surface area contributed by atoms with Crippen LogP contribution in [-0.4, -0.2) is 29.7 Å². The van der Waals surface area contributed by atoms with E-state index in [0.29, 0.717) is 25.3 Å². The summed E-state index contributed by atoms with van der Waals surface area (Å²) in [4.78, 5) is 26.1. The maximum atomic E-state index is 12.5. The SMILES string of the molecule is CCC1CN(C(=O)C2Cc3ccccc32)CCC1=O. The van der Waals surface area contributed by atoms with Gasteiger partial charge in [0.25, 0.3) is 0 Å². The Labute approximate surface area is 113 Å². The first kappa shape index (κ1) is 12.4. The quantitative estimate of drug-likeness (QED) is 0.814. The molecule has 1 aromatic rings. The first-order valence-corrected chi connectivity index (χ1v) is 7.10. The number of carbonyl (C=O) groups is 2. The van der Waals surface area contributed by atoms with Crippen molar-refractivity contribution in [1.29, 1.82) is 0 Å². The van der Waals surface area contributed by atoms with Crippen LogP contribution in [0, 0.1) is 5.92 Å². The predicted molar refractivity (Wildman–Crippen MR) is 72.9 cm³/mol. The maximum Gasteiger partial charge on any atom is 0.230 e. The average molecular weight is 257 g/mol. The number of fused-ring (bicyclic) bond motifs is 1. The molecule has 1 saturated heterocycles. The van der Waals surface area contributed by atoms with Crippen molar-refractivity contribution in [2.24, 2.45) is 5.92 Å². The van der Waals surface area contributed by atoms with Gasteiger partial charge in [-0.1, -0.05) is 31.2 Å². The van der Waals surface area contributed by atoms with Crippen molar-refractivity contribution in [3.63, 3.8) is 0 Å². The summed E-state index contributed by atoms with van der Waals surface area (Å²) < 4.78 is 0. The third-order valence-corrected chi connectivity index (χ3v) is 4.48. The summed E-state index contributed by atoms with van der Waals surface area (Å²) in [5, 5.41) is 0. The molecule has 2 atom stereocenters. The van der Waals surface area contributed by atoms with Crippen LogP contribution in [0.15, 0.2) is 24.3 Å². The highest BCUT2D eigenvalue weighted by atomic mass is 16.2. The topological polar surface area (TPSA) is 37.4 Å². The van der Waals surface area contributed by atoms with Crippen molar-refractivity contribution >= 4 is 11.7 Å². The monoisotopic (exact) mass is 257 g/mol. The van der Waals surface area contributed by atoms with E-state index in [1.165, 1.54) is 11.1 Å². The van der Waals surface area contributed by atoms with E-state index in [0.717, 1.165) is 12.8 Å². The van der Waals surface area contributed by atoms with Gasteiger partial charge in [-0.2, -0.15) is 0 Å². The fourth-order valence-corrected chi connectivity index (χ4v) is 3.16. The van der Waals surface area contributed by atoms with E-state index in [-0.39, 0.29) is 17.7 Å². The third-order valence-electron chi connectivity index (χ3n) is 4.48. The Morgan fingerprint density at radius 3 is 2.89 bits per heavy atom. The molecule has 1 heterocycles. The highest BCUT2D eigenvalue weighted by molar-refractivity contribution is 5.89. The summed E-state index contributed by atoms with van der Waals surface area (Å²) in [6.07, 6.45) is 2.22. The molecule has 2 aliphatic rings. The van der Waals surface area contributed by atoms with E-state index in [4.69, 9.17) is 0 Å². The normalized spacial score (nSPS) is 25.7. The van der Waals surface area contributed by atoms with Gasteiger partial charge in [0.15, 0.2) is 0 Å². The van der Waals surface area contributed by atoms with Gasteiger partial charge in [-0.05, 0) is 24.0 Å². The van der Waals surface area contributed by atoms with Crippen LogP contribution in [0.25, 0.3) is 0 Å². The number of ketones is 1. The van der Waals surface area contributed by atoms with Gasteiger partial charge in [0, 0.05) is 25.4 Å². The molecular formula is C16H19NO2. The number of carbonyl (C=O) groups excluding carboxylic acids is 2. The number of hydrogen-bond donors (Lipinski definition) is 0. The van der Waals surface area contributed by atoms with Crippen LogP contribution in [0.3, 0.4) is 0 Å². The van der Waals surface area contributed by atoms with E-state index < -0.39 is 0 Å². The second-order valence-corrected chi connectivity index (χ2v) is 5.56. The van der Waals surface area contributed by atoms with Crippen LogP contribution < -0.4 is 0 Å². The molecule has 2 unspecified atom stereocenters. The smallest absolute Gasteiger partial charge is 0.230 e. The zero-order valence-corrected chi connectivity index (χ0v) is 11.3. The second kappa shape index (κ2) is 4.80. The first-order chi connectivity index (χ1) is 9.20. The van der Waals surface area contributed by atoms with E-state index in [2.05, 4.69) is 6.07 Å². The second-order valence-electron chi connectivity index (χ2n) is 5.56. The summed E-state index contributed by atoms with van der Waals surface area (Å²) >= 11 is 0. The van der Waals surface area contributed by atoms with Gasteiger partial charge in [-0.15, -0.1) is 0 Å². The van der Waals surface area contributed by atoms with Crippen LogP contribution in [0.1, 0.15) is 36.8 Å². The van der Waals surface area contributed by atoms with Gasteiger partial charge < -0.3 is 4.90 Å². The van der Waals surface area contributed by atoms with E-state index in [9.17, 15) is 9.59 Å². The van der Waals surface area contributed by atoms with Crippen molar-refractivity contribution in [3.8, 4) is 0 Å².